The summed E-state index contributed by atoms with van der Waals surface area (Å²) in [5, 5.41) is 3.09. The summed E-state index contributed by atoms with van der Waals surface area (Å²) in [6, 6.07) is 15.0. The predicted molar refractivity (Wildman–Crippen MR) is 123 cm³/mol. The van der Waals surface area contributed by atoms with Gasteiger partial charge in [0, 0.05) is 50.2 Å². The van der Waals surface area contributed by atoms with Crippen molar-refractivity contribution in [2.45, 2.75) is 12.5 Å². The minimum atomic E-state index is -0.254. The van der Waals surface area contributed by atoms with Crippen molar-refractivity contribution in [2.75, 3.05) is 20.7 Å². The van der Waals surface area contributed by atoms with E-state index < -0.39 is 0 Å². The third kappa shape index (κ3) is 4.03. The first-order chi connectivity index (χ1) is 16.0. The van der Waals surface area contributed by atoms with Crippen LogP contribution in [0.5, 0.6) is 5.75 Å². The van der Waals surface area contributed by atoms with Gasteiger partial charge < -0.3 is 15.0 Å². The Morgan fingerprint density at radius 2 is 1.91 bits per heavy atom. The van der Waals surface area contributed by atoms with Crippen LogP contribution >= 0.6 is 0 Å². The number of imidazole rings is 1. The summed E-state index contributed by atoms with van der Waals surface area (Å²) in [5.41, 5.74) is 3.84. The van der Waals surface area contributed by atoms with E-state index in [2.05, 4.69) is 15.3 Å². The van der Waals surface area contributed by atoms with Crippen LogP contribution in [-0.4, -0.2) is 51.8 Å². The topological polar surface area (TPSA) is 88.8 Å². The summed E-state index contributed by atoms with van der Waals surface area (Å²) in [5.74, 6) is 0.945. The van der Waals surface area contributed by atoms with Gasteiger partial charge in [-0.1, -0.05) is 18.2 Å². The molecule has 1 atom stereocenters. The van der Waals surface area contributed by atoms with Crippen molar-refractivity contribution in [1.82, 2.24) is 24.6 Å². The van der Waals surface area contributed by atoms with E-state index in [4.69, 9.17) is 4.74 Å². The van der Waals surface area contributed by atoms with E-state index in [1.807, 2.05) is 42.5 Å². The zero-order chi connectivity index (χ0) is 22.9. The molecule has 0 bridgehead atoms. The second-order valence-electron chi connectivity index (χ2n) is 8.15. The summed E-state index contributed by atoms with van der Waals surface area (Å²) in [7, 11) is 3.47. The minimum absolute atomic E-state index is 0.0367. The minimum Gasteiger partial charge on any atom is -0.493 e. The molecule has 8 heteroatoms. The number of amides is 2. The summed E-state index contributed by atoms with van der Waals surface area (Å²) in [6.45, 7) is 0.519. The molecule has 33 heavy (non-hydrogen) atoms. The Hall–Kier alpha value is -4.20. The van der Waals surface area contributed by atoms with Crippen LogP contribution in [0, 0.1) is 0 Å². The maximum absolute atomic E-state index is 12.9. The maximum Gasteiger partial charge on any atom is 0.272 e. The Bertz CT molecular complexity index is 1310. The number of ether oxygens (including phenoxy) is 1. The molecular formula is C25H23N5O3. The standard InChI is InChI=1S/C25H23N5O3/c1-29(2)24(32)17-6-4-16(5-7-17)18-8-9-22-19(14-18)20(10-13-33-22)27-23(31)21-15-30-12-3-11-26-25(30)28-21/h3-9,11-12,14-15,20H,10,13H2,1-2H3,(H,27,31). The van der Waals surface area contributed by atoms with E-state index in [9.17, 15) is 9.59 Å². The first kappa shape index (κ1) is 20.7. The molecule has 1 unspecified atom stereocenters. The average molecular weight is 441 g/mol. The number of nitrogens with one attached hydrogen (secondary N) is 1. The molecule has 0 aliphatic carbocycles. The van der Waals surface area contributed by atoms with Gasteiger partial charge in [0.1, 0.15) is 11.4 Å². The largest absolute Gasteiger partial charge is 0.493 e. The van der Waals surface area contributed by atoms with E-state index in [1.54, 1.807) is 48.1 Å². The molecule has 0 spiro atoms. The van der Waals surface area contributed by atoms with Crippen molar-refractivity contribution in [3.8, 4) is 16.9 Å². The number of aromatic nitrogens is 3. The quantitative estimate of drug-likeness (QED) is 0.525. The Balaban J connectivity index is 1.40. The first-order valence-electron chi connectivity index (χ1n) is 10.7. The Labute approximate surface area is 190 Å². The molecule has 0 radical (unpaired) electrons. The molecule has 2 aromatic carbocycles. The van der Waals surface area contributed by atoms with Crippen molar-refractivity contribution in [3.63, 3.8) is 0 Å². The van der Waals surface area contributed by atoms with Gasteiger partial charge in [-0.25, -0.2) is 9.97 Å². The van der Waals surface area contributed by atoms with Crippen molar-refractivity contribution >= 4 is 17.6 Å². The molecule has 8 nitrogen and oxygen atoms in total. The van der Waals surface area contributed by atoms with E-state index in [1.165, 1.54) is 0 Å². The van der Waals surface area contributed by atoms with E-state index in [0.29, 0.717) is 30.1 Å². The average Bonchev–Trinajstić information content (AvgIpc) is 3.28. The van der Waals surface area contributed by atoms with E-state index in [0.717, 1.165) is 22.4 Å². The van der Waals surface area contributed by atoms with Crippen molar-refractivity contribution < 1.29 is 14.3 Å². The maximum atomic E-state index is 12.9. The lowest BCUT2D eigenvalue weighted by Gasteiger charge is -2.27. The van der Waals surface area contributed by atoms with Crippen LogP contribution in [0.2, 0.25) is 0 Å². The van der Waals surface area contributed by atoms with Crippen molar-refractivity contribution in [3.05, 3.63) is 83.9 Å². The highest BCUT2D eigenvalue weighted by atomic mass is 16.5. The number of carbonyl (C=O) groups is 2. The van der Waals surface area contributed by atoms with Gasteiger partial charge >= 0.3 is 0 Å². The fourth-order valence-corrected chi connectivity index (χ4v) is 3.96. The lowest BCUT2D eigenvalue weighted by atomic mass is 9.95. The molecule has 1 aliphatic heterocycles. The lowest BCUT2D eigenvalue weighted by Crippen LogP contribution is -2.32. The van der Waals surface area contributed by atoms with Crippen LogP contribution in [0.15, 0.2) is 67.1 Å². The van der Waals surface area contributed by atoms with Gasteiger partial charge in [0.2, 0.25) is 5.78 Å². The molecule has 1 N–H and O–H groups in total. The van der Waals surface area contributed by atoms with Gasteiger partial charge in [-0.15, -0.1) is 0 Å². The van der Waals surface area contributed by atoms with Gasteiger partial charge in [0.15, 0.2) is 0 Å². The molecule has 2 amide bonds. The van der Waals surface area contributed by atoms with Crippen LogP contribution in [-0.2, 0) is 0 Å². The smallest absolute Gasteiger partial charge is 0.272 e. The van der Waals surface area contributed by atoms with Gasteiger partial charge in [-0.3, -0.25) is 14.0 Å². The third-order valence-electron chi connectivity index (χ3n) is 5.69. The summed E-state index contributed by atoms with van der Waals surface area (Å²) in [6.07, 6.45) is 5.78. The molecular weight excluding hydrogens is 418 g/mol. The molecule has 2 aromatic heterocycles. The van der Waals surface area contributed by atoms with Crippen LogP contribution in [0.1, 0.15) is 38.9 Å². The fraction of sp³-hybridized carbons (Fsp3) is 0.200. The van der Waals surface area contributed by atoms with Crippen LogP contribution < -0.4 is 10.1 Å². The lowest BCUT2D eigenvalue weighted by molar-refractivity contribution is 0.0827. The van der Waals surface area contributed by atoms with E-state index >= 15 is 0 Å². The zero-order valence-electron chi connectivity index (χ0n) is 18.4. The second kappa shape index (κ2) is 8.38. The highest BCUT2D eigenvalue weighted by Crippen LogP contribution is 2.35. The molecule has 5 rings (SSSR count). The van der Waals surface area contributed by atoms with Crippen molar-refractivity contribution in [2.24, 2.45) is 0 Å². The van der Waals surface area contributed by atoms with Gasteiger partial charge in [-0.05, 0) is 41.5 Å². The van der Waals surface area contributed by atoms with Crippen LogP contribution in [0.25, 0.3) is 16.9 Å². The van der Waals surface area contributed by atoms with E-state index in [-0.39, 0.29) is 17.9 Å². The Morgan fingerprint density at radius 1 is 1.12 bits per heavy atom. The predicted octanol–water partition coefficient (Wildman–Crippen LogP) is 3.35. The van der Waals surface area contributed by atoms with Crippen LogP contribution in [0.4, 0.5) is 0 Å². The van der Waals surface area contributed by atoms with Crippen LogP contribution in [0.3, 0.4) is 0 Å². The third-order valence-corrected chi connectivity index (χ3v) is 5.69. The normalized spacial score (nSPS) is 14.9. The number of benzene rings is 2. The molecule has 0 saturated carbocycles. The number of carbonyl (C=O) groups excluding carboxylic acids is 2. The number of hydrogen-bond donors (Lipinski definition) is 1. The molecule has 166 valence electrons. The highest BCUT2D eigenvalue weighted by Gasteiger charge is 2.25. The fourth-order valence-electron chi connectivity index (χ4n) is 3.96. The zero-order valence-corrected chi connectivity index (χ0v) is 18.4. The number of rotatable bonds is 4. The molecule has 0 fully saturated rings. The summed E-state index contributed by atoms with van der Waals surface area (Å²) in [4.78, 5) is 35.1. The SMILES string of the molecule is CN(C)C(=O)c1ccc(-c2ccc3c(c2)C(NC(=O)c2cn4cccnc4n2)CCO3)cc1. The molecule has 3 heterocycles. The van der Waals surface area contributed by atoms with Gasteiger partial charge in [-0.2, -0.15) is 0 Å². The van der Waals surface area contributed by atoms with Gasteiger partial charge in [0.05, 0.1) is 12.6 Å². The Morgan fingerprint density at radius 3 is 2.67 bits per heavy atom. The summed E-state index contributed by atoms with van der Waals surface area (Å²) < 4.78 is 7.54. The second-order valence-corrected chi connectivity index (χ2v) is 8.15. The van der Waals surface area contributed by atoms with Crippen molar-refractivity contribution in [1.29, 1.82) is 0 Å². The highest BCUT2D eigenvalue weighted by molar-refractivity contribution is 5.94. The van der Waals surface area contributed by atoms with Gasteiger partial charge in [0.25, 0.3) is 11.8 Å². The first-order valence-corrected chi connectivity index (χ1v) is 10.7. The Kier molecular flexibility index (Phi) is 5.26. The number of fused-ring (bicyclic) bond motifs is 2. The number of hydrogen-bond acceptors (Lipinski definition) is 5. The monoisotopic (exact) mass is 441 g/mol. The molecule has 4 aromatic rings. The summed E-state index contributed by atoms with van der Waals surface area (Å²) >= 11 is 0. The molecule has 0 saturated heterocycles. The number of nitrogens with zero attached hydrogens (tertiary/aromatic N) is 4. The molecule has 1 aliphatic rings.